The molecule has 2 atom stereocenters. The number of hydrogen-bond donors (Lipinski definition) is 1. The molecule has 90 valence electrons. The highest BCUT2D eigenvalue weighted by atomic mass is 32.1. The lowest BCUT2D eigenvalue weighted by atomic mass is 10.0. The molecule has 1 saturated heterocycles. The van der Waals surface area contributed by atoms with Crippen molar-refractivity contribution in [2.75, 3.05) is 26.8 Å². The number of hydrogen-bond acceptors (Lipinski definition) is 5. The molecular weight excluding hydrogens is 222 g/mol. The van der Waals surface area contributed by atoms with Gasteiger partial charge in [-0.1, -0.05) is 0 Å². The third-order valence-electron chi connectivity index (χ3n) is 3.05. The lowest BCUT2D eigenvalue weighted by Crippen LogP contribution is -2.36. The first-order valence-corrected chi connectivity index (χ1v) is 6.45. The zero-order valence-corrected chi connectivity index (χ0v) is 10.7. The van der Waals surface area contributed by atoms with Crippen LogP contribution in [0.2, 0.25) is 0 Å². The molecular formula is C11H19N3OS. The number of aromatic nitrogens is 1. The van der Waals surface area contributed by atoms with Crippen LogP contribution < -0.4 is 5.73 Å². The van der Waals surface area contributed by atoms with E-state index in [1.165, 1.54) is 4.88 Å². The van der Waals surface area contributed by atoms with E-state index in [0.717, 1.165) is 25.4 Å². The van der Waals surface area contributed by atoms with Crippen molar-refractivity contribution >= 4 is 11.3 Å². The zero-order valence-electron chi connectivity index (χ0n) is 9.85. The smallest absolute Gasteiger partial charge is 0.0798 e. The lowest BCUT2D eigenvalue weighted by Gasteiger charge is -2.21. The fraction of sp³-hybridized carbons (Fsp3) is 0.727. The number of rotatable bonds is 4. The van der Waals surface area contributed by atoms with E-state index >= 15 is 0 Å². The van der Waals surface area contributed by atoms with Gasteiger partial charge in [-0.2, -0.15) is 0 Å². The molecule has 2 heterocycles. The maximum Gasteiger partial charge on any atom is 0.0798 e. The van der Waals surface area contributed by atoms with Gasteiger partial charge in [0, 0.05) is 29.9 Å². The summed E-state index contributed by atoms with van der Waals surface area (Å²) in [6.07, 6.45) is 0. The Hall–Kier alpha value is -0.490. The molecule has 0 radical (unpaired) electrons. The maximum absolute atomic E-state index is 5.97. The van der Waals surface area contributed by atoms with Crippen molar-refractivity contribution in [3.8, 4) is 0 Å². The average molecular weight is 241 g/mol. The Morgan fingerprint density at radius 2 is 2.44 bits per heavy atom. The Balaban J connectivity index is 1.84. The number of thiazole rings is 1. The summed E-state index contributed by atoms with van der Waals surface area (Å²) in [4.78, 5) is 7.91. The van der Waals surface area contributed by atoms with E-state index in [4.69, 9.17) is 10.5 Å². The molecule has 1 aliphatic heterocycles. The molecule has 0 aliphatic carbocycles. The van der Waals surface area contributed by atoms with Crippen molar-refractivity contribution in [3.05, 3.63) is 16.1 Å². The van der Waals surface area contributed by atoms with Gasteiger partial charge >= 0.3 is 0 Å². The van der Waals surface area contributed by atoms with Crippen LogP contribution in [0.15, 0.2) is 5.51 Å². The van der Waals surface area contributed by atoms with Crippen LogP contribution in [0.25, 0.3) is 0 Å². The first kappa shape index (κ1) is 12.0. The summed E-state index contributed by atoms with van der Waals surface area (Å²) in [6, 6.07) is 0.199. The minimum Gasteiger partial charge on any atom is -0.379 e. The standard InChI is InChI=1S/C11H19N3OS/c1-8-11(16-7-13-8)4-14(2)3-9-5-15-6-10(9)12/h7,9-10H,3-6,12H2,1-2H3. The van der Waals surface area contributed by atoms with E-state index in [-0.39, 0.29) is 6.04 Å². The van der Waals surface area contributed by atoms with Crippen LogP contribution in [0.1, 0.15) is 10.6 Å². The molecule has 16 heavy (non-hydrogen) atoms. The van der Waals surface area contributed by atoms with Gasteiger partial charge in [-0.05, 0) is 14.0 Å². The van der Waals surface area contributed by atoms with Crippen LogP contribution in [0, 0.1) is 12.8 Å². The Morgan fingerprint density at radius 1 is 1.62 bits per heavy atom. The molecule has 0 saturated carbocycles. The van der Waals surface area contributed by atoms with Gasteiger partial charge in [0.05, 0.1) is 24.4 Å². The summed E-state index contributed by atoms with van der Waals surface area (Å²) in [7, 11) is 2.13. The van der Waals surface area contributed by atoms with Gasteiger partial charge in [-0.3, -0.25) is 0 Å². The molecule has 1 aromatic heterocycles. The molecule has 5 heteroatoms. The van der Waals surface area contributed by atoms with Crippen LogP contribution in [-0.2, 0) is 11.3 Å². The Labute approximate surface area is 100 Å². The van der Waals surface area contributed by atoms with Gasteiger partial charge in [-0.25, -0.2) is 4.98 Å². The summed E-state index contributed by atoms with van der Waals surface area (Å²) in [5, 5.41) is 0. The molecule has 0 bridgehead atoms. The Morgan fingerprint density at radius 3 is 3.00 bits per heavy atom. The van der Waals surface area contributed by atoms with Crippen molar-refractivity contribution in [1.29, 1.82) is 0 Å². The first-order valence-electron chi connectivity index (χ1n) is 5.57. The molecule has 2 rings (SSSR count). The second-order valence-corrected chi connectivity index (χ2v) is 5.46. The van der Waals surface area contributed by atoms with Gasteiger partial charge in [0.15, 0.2) is 0 Å². The summed E-state index contributed by atoms with van der Waals surface area (Å²) in [6.45, 7) is 5.52. The van der Waals surface area contributed by atoms with Crippen molar-refractivity contribution in [1.82, 2.24) is 9.88 Å². The normalized spacial score (nSPS) is 25.5. The van der Waals surface area contributed by atoms with E-state index in [0.29, 0.717) is 12.5 Å². The van der Waals surface area contributed by atoms with Crippen LogP contribution in [0.5, 0.6) is 0 Å². The summed E-state index contributed by atoms with van der Waals surface area (Å²) < 4.78 is 5.37. The third-order valence-corrected chi connectivity index (χ3v) is 3.97. The van der Waals surface area contributed by atoms with E-state index in [1.54, 1.807) is 11.3 Å². The van der Waals surface area contributed by atoms with Crippen molar-refractivity contribution in [3.63, 3.8) is 0 Å². The number of ether oxygens (including phenoxy) is 1. The van der Waals surface area contributed by atoms with Crippen LogP contribution >= 0.6 is 11.3 Å². The monoisotopic (exact) mass is 241 g/mol. The number of nitrogens with two attached hydrogens (primary N) is 1. The van der Waals surface area contributed by atoms with Crippen molar-refractivity contribution in [2.45, 2.75) is 19.5 Å². The predicted octanol–water partition coefficient (Wildman–Crippen LogP) is 0.857. The van der Waals surface area contributed by atoms with Gasteiger partial charge < -0.3 is 15.4 Å². The minimum absolute atomic E-state index is 0.199. The molecule has 1 aliphatic rings. The minimum atomic E-state index is 0.199. The second kappa shape index (κ2) is 5.23. The fourth-order valence-corrected chi connectivity index (χ4v) is 2.85. The SMILES string of the molecule is Cc1ncsc1CN(C)CC1COCC1N. The highest BCUT2D eigenvalue weighted by Gasteiger charge is 2.25. The van der Waals surface area contributed by atoms with Crippen LogP contribution in [0.4, 0.5) is 0 Å². The molecule has 2 unspecified atom stereocenters. The molecule has 0 aromatic carbocycles. The summed E-state index contributed by atoms with van der Waals surface area (Å²) in [5.74, 6) is 0.471. The van der Waals surface area contributed by atoms with E-state index in [1.807, 2.05) is 5.51 Å². The molecule has 2 N–H and O–H groups in total. The predicted molar refractivity (Wildman–Crippen MR) is 65.5 cm³/mol. The zero-order chi connectivity index (χ0) is 11.5. The van der Waals surface area contributed by atoms with E-state index < -0.39 is 0 Å². The number of nitrogens with zero attached hydrogens (tertiary/aromatic N) is 2. The van der Waals surface area contributed by atoms with E-state index in [9.17, 15) is 0 Å². The molecule has 4 nitrogen and oxygen atoms in total. The second-order valence-electron chi connectivity index (χ2n) is 4.52. The van der Waals surface area contributed by atoms with Crippen molar-refractivity contribution < 1.29 is 4.74 Å². The van der Waals surface area contributed by atoms with E-state index in [2.05, 4.69) is 23.9 Å². The van der Waals surface area contributed by atoms with Gasteiger partial charge in [0.2, 0.25) is 0 Å². The van der Waals surface area contributed by atoms with Gasteiger partial charge in [0.25, 0.3) is 0 Å². The largest absolute Gasteiger partial charge is 0.379 e. The maximum atomic E-state index is 5.97. The van der Waals surface area contributed by atoms with Crippen LogP contribution in [0.3, 0.4) is 0 Å². The highest BCUT2D eigenvalue weighted by Crippen LogP contribution is 2.17. The first-order chi connectivity index (χ1) is 7.66. The molecule has 0 amide bonds. The lowest BCUT2D eigenvalue weighted by molar-refractivity contribution is 0.173. The van der Waals surface area contributed by atoms with Crippen LogP contribution in [-0.4, -0.2) is 42.7 Å². The summed E-state index contributed by atoms with van der Waals surface area (Å²) >= 11 is 1.72. The fourth-order valence-electron chi connectivity index (χ4n) is 1.99. The quantitative estimate of drug-likeness (QED) is 0.849. The van der Waals surface area contributed by atoms with Gasteiger partial charge in [0.1, 0.15) is 0 Å². The Kier molecular flexibility index (Phi) is 3.91. The highest BCUT2D eigenvalue weighted by molar-refractivity contribution is 7.09. The molecule has 1 aromatic rings. The average Bonchev–Trinajstić information content (AvgIpc) is 2.79. The summed E-state index contributed by atoms with van der Waals surface area (Å²) in [5.41, 5.74) is 9.02. The number of aryl methyl sites for hydroxylation is 1. The topological polar surface area (TPSA) is 51.4 Å². The molecule has 1 fully saturated rings. The Bertz CT molecular complexity index is 342. The third kappa shape index (κ3) is 2.79. The molecule has 0 spiro atoms. The van der Waals surface area contributed by atoms with Crippen molar-refractivity contribution in [2.24, 2.45) is 11.7 Å². The van der Waals surface area contributed by atoms with Gasteiger partial charge in [-0.15, -0.1) is 11.3 Å².